The molecule has 0 amide bonds. The van der Waals surface area contributed by atoms with Crippen molar-refractivity contribution < 1.29 is 19.0 Å². The summed E-state index contributed by atoms with van der Waals surface area (Å²) in [6, 6.07) is -0.606. The van der Waals surface area contributed by atoms with E-state index in [0.29, 0.717) is 0 Å². The lowest BCUT2D eigenvalue weighted by Gasteiger charge is -2.24. The van der Waals surface area contributed by atoms with Crippen molar-refractivity contribution in [3.8, 4) is 0 Å². The summed E-state index contributed by atoms with van der Waals surface area (Å²) in [6.07, 6.45) is 15.9. The molecule has 33 heavy (non-hydrogen) atoms. The van der Waals surface area contributed by atoms with Gasteiger partial charge in [0.2, 0.25) is 0 Å². The molecule has 7 heteroatoms. The highest BCUT2D eigenvalue weighted by atomic mass is 16.8. The number of unbranched alkanes of at least 4 members (excludes halogenated alkanes) is 11. The van der Waals surface area contributed by atoms with E-state index in [4.69, 9.17) is 19.7 Å². The number of carbonyl (C=O) groups is 1. The Bertz CT molecular complexity index is 597. The van der Waals surface area contributed by atoms with Crippen molar-refractivity contribution in [1.82, 2.24) is 0 Å². The van der Waals surface area contributed by atoms with Crippen LogP contribution in [0, 0.1) is 5.41 Å². The summed E-state index contributed by atoms with van der Waals surface area (Å²) in [6.45, 7) is 11.4. The van der Waals surface area contributed by atoms with E-state index in [1.807, 2.05) is 13.8 Å². The second-order valence-electron chi connectivity index (χ2n) is 10.9. The van der Waals surface area contributed by atoms with E-state index in [1.54, 1.807) is 20.8 Å². The van der Waals surface area contributed by atoms with Gasteiger partial charge in [0.15, 0.2) is 5.79 Å². The van der Waals surface area contributed by atoms with Gasteiger partial charge < -0.3 is 14.2 Å². The highest BCUT2D eigenvalue weighted by Crippen LogP contribution is 2.34. The van der Waals surface area contributed by atoms with E-state index in [2.05, 4.69) is 16.9 Å². The number of carbonyl (C=O) groups excluding carboxylic acids is 1. The van der Waals surface area contributed by atoms with Crippen LogP contribution in [-0.4, -0.2) is 36.6 Å². The molecule has 1 rings (SSSR count). The third-order valence-corrected chi connectivity index (χ3v) is 6.14. The van der Waals surface area contributed by atoms with E-state index < -0.39 is 23.3 Å². The maximum Gasteiger partial charge on any atom is 0.311 e. The molecule has 1 aliphatic rings. The molecule has 1 heterocycles. The van der Waals surface area contributed by atoms with Crippen molar-refractivity contribution in [2.24, 2.45) is 10.5 Å². The quantitative estimate of drug-likeness (QED) is 0.0715. The third-order valence-electron chi connectivity index (χ3n) is 6.14. The molecule has 3 atom stereocenters. The van der Waals surface area contributed by atoms with Crippen LogP contribution in [0.4, 0.5) is 0 Å². The van der Waals surface area contributed by atoms with Gasteiger partial charge in [0.1, 0.15) is 12.6 Å². The van der Waals surface area contributed by atoms with E-state index in [0.717, 1.165) is 19.3 Å². The second-order valence-corrected chi connectivity index (χ2v) is 10.9. The molecule has 0 aliphatic carbocycles. The zero-order valence-corrected chi connectivity index (χ0v) is 22.1. The Morgan fingerprint density at radius 2 is 1.48 bits per heavy atom. The fourth-order valence-corrected chi connectivity index (χ4v) is 4.24. The maximum atomic E-state index is 12.2. The summed E-state index contributed by atoms with van der Waals surface area (Å²) in [7, 11) is 0. The summed E-state index contributed by atoms with van der Waals surface area (Å²) in [5.74, 6) is -1.07. The molecule has 0 N–H and O–H groups in total. The van der Waals surface area contributed by atoms with Crippen molar-refractivity contribution in [2.45, 2.75) is 149 Å². The van der Waals surface area contributed by atoms with Crippen LogP contribution >= 0.6 is 0 Å². The van der Waals surface area contributed by atoms with Crippen LogP contribution in [0.5, 0.6) is 0 Å². The normalized spacial score (nSPS) is 20.9. The molecule has 0 bridgehead atoms. The standard InChI is InChI=1S/C26H49N3O4/c1-7-8-9-10-11-12-13-14-15-16-17-18-19-22-23(33-26(5,6)32-22)21(28-29-27)20-31-24(30)25(2,3)4/h21-23H,7-20H2,1-6H3/t21-,22-,23-/m0/s1. The predicted molar refractivity (Wildman–Crippen MR) is 133 cm³/mol. The highest BCUT2D eigenvalue weighted by Gasteiger charge is 2.45. The summed E-state index contributed by atoms with van der Waals surface area (Å²) >= 11 is 0. The number of rotatable bonds is 17. The van der Waals surface area contributed by atoms with Crippen LogP contribution < -0.4 is 0 Å². The Balaban J connectivity index is 2.37. The predicted octanol–water partition coefficient (Wildman–Crippen LogP) is 7.87. The first-order valence-corrected chi connectivity index (χ1v) is 13.2. The first-order valence-electron chi connectivity index (χ1n) is 13.2. The summed E-state index contributed by atoms with van der Waals surface area (Å²) in [4.78, 5) is 15.1. The van der Waals surface area contributed by atoms with Crippen LogP contribution in [0.3, 0.4) is 0 Å². The molecule has 1 fully saturated rings. The Labute approximate surface area is 201 Å². The number of ether oxygens (including phenoxy) is 3. The lowest BCUT2D eigenvalue weighted by molar-refractivity contribution is -0.157. The number of azide groups is 1. The van der Waals surface area contributed by atoms with Gasteiger partial charge in [-0.05, 0) is 46.6 Å². The number of esters is 1. The van der Waals surface area contributed by atoms with Crippen LogP contribution in [0.1, 0.15) is 125 Å². The fourth-order valence-electron chi connectivity index (χ4n) is 4.24. The molecule has 0 aromatic rings. The average Bonchev–Trinajstić information content (AvgIpc) is 3.05. The Hall–Kier alpha value is -1.30. The van der Waals surface area contributed by atoms with Crippen molar-refractivity contribution in [3.05, 3.63) is 10.4 Å². The van der Waals surface area contributed by atoms with Crippen LogP contribution in [0.15, 0.2) is 5.11 Å². The van der Waals surface area contributed by atoms with Gasteiger partial charge in [0.25, 0.3) is 0 Å². The number of hydrogen-bond donors (Lipinski definition) is 0. The molecular formula is C26H49N3O4. The molecule has 0 aromatic carbocycles. The van der Waals surface area contributed by atoms with Crippen molar-refractivity contribution >= 4 is 5.97 Å². The monoisotopic (exact) mass is 467 g/mol. The molecule has 7 nitrogen and oxygen atoms in total. The van der Waals surface area contributed by atoms with E-state index in [1.165, 1.54) is 64.2 Å². The van der Waals surface area contributed by atoms with E-state index in [-0.39, 0.29) is 18.7 Å². The fraction of sp³-hybridized carbons (Fsp3) is 0.962. The largest absolute Gasteiger partial charge is 0.465 e. The van der Waals surface area contributed by atoms with Gasteiger partial charge in [-0.15, -0.1) is 0 Å². The Kier molecular flexibility index (Phi) is 14.0. The molecule has 0 spiro atoms. The molecule has 0 unspecified atom stereocenters. The van der Waals surface area contributed by atoms with E-state index in [9.17, 15) is 4.79 Å². The topological polar surface area (TPSA) is 93.5 Å². The molecule has 0 aromatic heterocycles. The molecule has 0 saturated carbocycles. The van der Waals surface area contributed by atoms with Crippen molar-refractivity contribution in [3.63, 3.8) is 0 Å². The Morgan fingerprint density at radius 1 is 0.970 bits per heavy atom. The minimum atomic E-state index is -0.746. The van der Waals surface area contributed by atoms with Gasteiger partial charge in [-0.2, -0.15) is 0 Å². The third kappa shape index (κ3) is 12.7. The zero-order chi connectivity index (χ0) is 24.7. The molecular weight excluding hydrogens is 418 g/mol. The number of nitrogens with zero attached hydrogens (tertiary/aromatic N) is 3. The summed E-state index contributed by atoms with van der Waals surface area (Å²) in [5, 5.41) is 3.88. The maximum absolute atomic E-state index is 12.2. The molecule has 1 aliphatic heterocycles. The van der Waals surface area contributed by atoms with Crippen LogP contribution in [0.25, 0.3) is 10.4 Å². The first-order chi connectivity index (χ1) is 15.6. The van der Waals surface area contributed by atoms with Gasteiger partial charge in [-0.25, -0.2) is 0 Å². The molecule has 192 valence electrons. The summed E-state index contributed by atoms with van der Waals surface area (Å²) in [5.41, 5.74) is 8.44. The van der Waals surface area contributed by atoms with Gasteiger partial charge in [0.05, 0.1) is 17.6 Å². The van der Waals surface area contributed by atoms with Gasteiger partial charge in [-0.3, -0.25) is 4.79 Å². The molecule has 0 radical (unpaired) electrons. The summed E-state index contributed by atoms with van der Waals surface area (Å²) < 4.78 is 17.6. The minimum Gasteiger partial charge on any atom is -0.465 e. The average molecular weight is 468 g/mol. The minimum absolute atomic E-state index is 0.000779. The van der Waals surface area contributed by atoms with Crippen LogP contribution in [0.2, 0.25) is 0 Å². The van der Waals surface area contributed by atoms with Crippen molar-refractivity contribution in [2.75, 3.05) is 6.61 Å². The highest BCUT2D eigenvalue weighted by molar-refractivity contribution is 5.75. The second kappa shape index (κ2) is 15.6. The van der Waals surface area contributed by atoms with Gasteiger partial charge in [0, 0.05) is 4.91 Å². The van der Waals surface area contributed by atoms with Gasteiger partial charge >= 0.3 is 5.97 Å². The van der Waals surface area contributed by atoms with Crippen molar-refractivity contribution in [1.29, 1.82) is 0 Å². The first kappa shape index (κ1) is 29.7. The molecule has 1 saturated heterocycles. The smallest absolute Gasteiger partial charge is 0.311 e. The lowest BCUT2D eigenvalue weighted by atomic mass is 9.97. The lowest BCUT2D eigenvalue weighted by Crippen LogP contribution is -2.38. The van der Waals surface area contributed by atoms with E-state index >= 15 is 0 Å². The Morgan fingerprint density at radius 3 is 1.97 bits per heavy atom. The van der Waals surface area contributed by atoms with Gasteiger partial charge in [-0.1, -0.05) is 89.1 Å². The SMILES string of the molecule is CCCCCCCCCCCCCC[C@@H]1OC(C)(C)O[C@H]1[C@H](COC(=O)C(C)(C)C)N=[N+]=[N-]. The zero-order valence-electron chi connectivity index (χ0n) is 22.1. The van der Waals surface area contributed by atoms with Crippen LogP contribution in [-0.2, 0) is 19.0 Å². The number of hydrogen-bond acceptors (Lipinski definition) is 5.